The highest BCUT2D eigenvalue weighted by atomic mass is 32.2. The number of benzene rings is 2. The molecule has 2 rings (SSSR count). The van der Waals surface area contributed by atoms with E-state index in [2.05, 4.69) is 10.1 Å². The van der Waals surface area contributed by atoms with Crippen molar-refractivity contribution in [1.29, 1.82) is 0 Å². The fourth-order valence-corrected chi connectivity index (χ4v) is 5.88. The molecule has 2 atom stereocenters. The van der Waals surface area contributed by atoms with E-state index in [0.717, 1.165) is 12.1 Å². The van der Waals surface area contributed by atoms with Gasteiger partial charge in [-0.05, 0) is 75.4 Å². The first kappa shape index (κ1) is 38.1. The Kier molecular flexibility index (Phi) is 14.4. The molecule has 15 heteroatoms. The fourth-order valence-electron chi connectivity index (χ4n) is 4.56. The fraction of sp³-hybridized carbons (Fsp3) is 0.533. The van der Waals surface area contributed by atoms with Crippen molar-refractivity contribution in [2.24, 2.45) is 5.14 Å². The number of sulfonamides is 2. The summed E-state index contributed by atoms with van der Waals surface area (Å²) in [6.07, 6.45) is 0.676. The van der Waals surface area contributed by atoms with Gasteiger partial charge in [0.25, 0.3) is 11.8 Å². The van der Waals surface area contributed by atoms with Crippen molar-refractivity contribution in [3.63, 3.8) is 0 Å². The number of hydrogen-bond donors (Lipinski definition) is 5. The SMILES string of the molecule is CCCN(CC(O)C(Cc1ccc(O)cc1)NC(=O)c1cc(C(=O)N(CCC)CCC)cc(S(N)(=O)=O)c1)NS(=O)(=O)C(C)C. The first-order chi connectivity index (χ1) is 21.0. The number of rotatable bonds is 18. The molecule has 0 aliphatic carbocycles. The maximum atomic E-state index is 13.7. The molecule has 0 saturated heterocycles. The van der Waals surface area contributed by atoms with Crippen molar-refractivity contribution in [3.8, 4) is 5.75 Å². The molecule has 45 heavy (non-hydrogen) atoms. The number of phenols is 1. The molecule has 0 fully saturated rings. The molecular weight excluding hydrogens is 622 g/mol. The Morgan fingerprint density at radius 1 is 0.889 bits per heavy atom. The molecule has 0 bridgehead atoms. The summed E-state index contributed by atoms with van der Waals surface area (Å²) < 4.78 is 49.8. The summed E-state index contributed by atoms with van der Waals surface area (Å²) >= 11 is 0. The van der Waals surface area contributed by atoms with Crippen molar-refractivity contribution in [3.05, 3.63) is 59.2 Å². The highest BCUT2D eigenvalue weighted by Crippen LogP contribution is 2.19. The van der Waals surface area contributed by atoms with Crippen molar-refractivity contribution in [1.82, 2.24) is 20.1 Å². The number of nitrogens with zero attached hydrogens (tertiary/aromatic N) is 2. The minimum atomic E-state index is -4.30. The second-order valence-electron chi connectivity index (χ2n) is 11.2. The van der Waals surface area contributed by atoms with Gasteiger partial charge in [0, 0.05) is 37.3 Å². The van der Waals surface area contributed by atoms with Gasteiger partial charge in [-0.15, -0.1) is 4.83 Å². The predicted octanol–water partition coefficient (Wildman–Crippen LogP) is 1.96. The van der Waals surface area contributed by atoms with Gasteiger partial charge >= 0.3 is 0 Å². The van der Waals surface area contributed by atoms with E-state index in [4.69, 9.17) is 5.14 Å². The third-order valence-corrected chi connectivity index (χ3v) is 9.62. The largest absolute Gasteiger partial charge is 0.508 e. The summed E-state index contributed by atoms with van der Waals surface area (Å²) in [6, 6.07) is 8.61. The third-order valence-electron chi connectivity index (χ3n) is 6.97. The summed E-state index contributed by atoms with van der Waals surface area (Å²) in [5, 5.41) is 29.8. The number of amides is 2. The van der Waals surface area contributed by atoms with Crippen LogP contribution >= 0.6 is 0 Å². The van der Waals surface area contributed by atoms with Crippen LogP contribution in [-0.4, -0.2) is 92.3 Å². The normalized spacial score (nSPS) is 13.5. The molecule has 0 aromatic heterocycles. The Morgan fingerprint density at radius 2 is 1.44 bits per heavy atom. The van der Waals surface area contributed by atoms with Gasteiger partial charge in [-0.1, -0.05) is 32.9 Å². The van der Waals surface area contributed by atoms with Gasteiger partial charge < -0.3 is 20.4 Å². The Labute approximate surface area is 266 Å². The van der Waals surface area contributed by atoms with Gasteiger partial charge in [0.1, 0.15) is 5.75 Å². The third kappa shape index (κ3) is 11.7. The molecule has 2 aromatic rings. The lowest BCUT2D eigenvalue weighted by Crippen LogP contribution is -2.54. The zero-order chi connectivity index (χ0) is 33.9. The molecule has 2 aromatic carbocycles. The van der Waals surface area contributed by atoms with Gasteiger partial charge in [0.15, 0.2) is 0 Å². The Balaban J connectivity index is 2.50. The second kappa shape index (κ2) is 17.0. The lowest BCUT2D eigenvalue weighted by molar-refractivity contribution is 0.0618. The number of carbonyl (C=O) groups excluding carboxylic acids is 2. The molecule has 2 amide bonds. The average Bonchev–Trinajstić information content (AvgIpc) is 2.96. The van der Waals surface area contributed by atoms with Crippen LogP contribution in [0.25, 0.3) is 0 Å². The van der Waals surface area contributed by atoms with E-state index in [0.29, 0.717) is 37.9 Å². The predicted molar refractivity (Wildman–Crippen MR) is 172 cm³/mol. The number of nitrogens with one attached hydrogen (secondary N) is 2. The van der Waals surface area contributed by atoms with Crippen LogP contribution in [0.5, 0.6) is 5.75 Å². The van der Waals surface area contributed by atoms with E-state index < -0.39 is 54.2 Å². The standard InChI is InChI=1S/C30H47N5O8S2/c1-6-13-34(14-7-2)30(39)24-17-23(18-26(19-24)44(31,40)41)29(38)32-27(16-22-9-11-25(36)12-10-22)28(37)20-35(15-8-3)33-45(42,43)21(4)5/h9-12,17-19,21,27-28,33,36-37H,6-8,13-16,20H2,1-5H3,(H,32,38)(H2,31,40,41). The van der Waals surface area contributed by atoms with Crippen molar-refractivity contribution in [2.45, 2.75) is 82.6 Å². The molecule has 0 heterocycles. The summed E-state index contributed by atoms with van der Waals surface area (Å²) in [6.45, 7) is 9.66. The number of primary sulfonamides is 1. The zero-order valence-corrected chi connectivity index (χ0v) is 28.2. The van der Waals surface area contributed by atoms with E-state index in [1.165, 1.54) is 37.1 Å². The van der Waals surface area contributed by atoms with Crippen LogP contribution in [-0.2, 0) is 26.5 Å². The van der Waals surface area contributed by atoms with Crippen LogP contribution in [0.4, 0.5) is 0 Å². The molecule has 0 aliphatic heterocycles. The highest BCUT2D eigenvalue weighted by molar-refractivity contribution is 7.90. The highest BCUT2D eigenvalue weighted by Gasteiger charge is 2.28. The molecule has 13 nitrogen and oxygen atoms in total. The molecule has 0 radical (unpaired) electrons. The number of hydrazine groups is 1. The first-order valence-electron chi connectivity index (χ1n) is 15.0. The minimum absolute atomic E-state index is 0.0225. The summed E-state index contributed by atoms with van der Waals surface area (Å²) in [7, 11) is -8.03. The first-order valence-corrected chi connectivity index (χ1v) is 18.1. The van der Waals surface area contributed by atoms with Gasteiger partial charge in [-0.2, -0.15) is 0 Å². The molecule has 252 valence electrons. The number of aliphatic hydroxyl groups is 1. The van der Waals surface area contributed by atoms with Gasteiger partial charge in [-0.3, -0.25) is 9.59 Å². The topological polar surface area (TPSA) is 199 Å². The molecule has 0 aliphatic rings. The number of carbonyl (C=O) groups is 2. The lowest BCUT2D eigenvalue weighted by Gasteiger charge is -2.30. The Bertz CT molecular complexity index is 1490. The number of aromatic hydroxyl groups is 1. The molecule has 0 saturated carbocycles. The Morgan fingerprint density at radius 3 is 1.96 bits per heavy atom. The van der Waals surface area contributed by atoms with E-state index in [-0.39, 0.29) is 36.4 Å². The van der Waals surface area contributed by atoms with E-state index in [9.17, 15) is 36.6 Å². The van der Waals surface area contributed by atoms with E-state index in [1.807, 2.05) is 20.8 Å². The maximum Gasteiger partial charge on any atom is 0.253 e. The number of aliphatic hydroxyl groups excluding tert-OH is 1. The quantitative estimate of drug-likeness (QED) is 0.147. The lowest BCUT2D eigenvalue weighted by atomic mass is 9.99. The van der Waals surface area contributed by atoms with E-state index >= 15 is 0 Å². The zero-order valence-electron chi connectivity index (χ0n) is 26.6. The average molecular weight is 670 g/mol. The number of hydrogen-bond acceptors (Lipinski definition) is 9. The van der Waals surface area contributed by atoms with Crippen LogP contribution in [0.2, 0.25) is 0 Å². The van der Waals surface area contributed by atoms with E-state index in [1.54, 1.807) is 17.0 Å². The van der Waals surface area contributed by atoms with Gasteiger partial charge in [-0.25, -0.2) is 27.0 Å². The molecule has 6 N–H and O–H groups in total. The van der Waals surface area contributed by atoms with Crippen LogP contribution in [0.15, 0.2) is 47.4 Å². The smallest absolute Gasteiger partial charge is 0.253 e. The summed E-state index contributed by atoms with van der Waals surface area (Å²) in [5.41, 5.74) is 0.457. The number of nitrogens with two attached hydrogens (primary N) is 1. The number of phenolic OH excluding ortho intramolecular Hbond substituents is 1. The summed E-state index contributed by atoms with van der Waals surface area (Å²) in [5.74, 6) is -1.21. The van der Waals surface area contributed by atoms with Gasteiger partial charge in [0.2, 0.25) is 20.0 Å². The van der Waals surface area contributed by atoms with Crippen molar-refractivity contribution in [2.75, 3.05) is 26.2 Å². The maximum absolute atomic E-state index is 13.7. The van der Waals surface area contributed by atoms with Crippen LogP contribution in [0.3, 0.4) is 0 Å². The minimum Gasteiger partial charge on any atom is -0.508 e. The van der Waals surface area contributed by atoms with Crippen LogP contribution < -0.4 is 15.3 Å². The molecule has 2 unspecified atom stereocenters. The Hall–Kier alpha value is -3.08. The van der Waals surface area contributed by atoms with Crippen molar-refractivity contribution >= 4 is 31.9 Å². The monoisotopic (exact) mass is 669 g/mol. The molecular formula is C30H47N5O8S2. The van der Waals surface area contributed by atoms with Gasteiger partial charge in [0.05, 0.1) is 22.3 Å². The summed E-state index contributed by atoms with van der Waals surface area (Å²) in [4.78, 5) is 30.7. The van der Waals surface area contributed by atoms with Crippen LogP contribution in [0.1, 0.15) is 80.2 Å². The van der Waals surface area contributed by atoms with Crippen LogP contribution in [0, 0.1) is 0 Å². The second-order valence-corrected chi connectivity index (χ2v) is 15.0. The van der Waals surface area contributed by atoms with Crippen molar-refractivity contribution < 1.29 is 36.6 Å². The molecule has 0 spiro atoms.